The smallest absolute Gasteiger partial charge is 0.277 e. The highest BCUT2D eigenvalue weighted by Crippen LogP contribution is 2.23. The van der Waals surface area contributed by atoms with Gasteiger partial charge in [0.2, 0.25) is 5.89 Å². The van der Waals surface area contributed by atoms with Gasteiger partial charge in [-0.3, -0.25) is 9.78 Å². The molecule has 0 fully saturated rings. The molecule has 7 heteroatoms. The van der Waals surface area contributed by atoms with E-state index in [2.05, 4.69) is 15.2 Å². The monoisotopic (exact) mass is 341 g/mol. The molecule has 0 atom stereocenters. The van der Waals surface area contributed by atoms with Gasteiger partial charge in [-0.15, -0.1) is 10.2 Å². The summed E-state index contributed by atoms with van der Waals surface area (Å²) in [6.45, 7) is 2.51. The number of pyridine rings is 1. The van der Waals surface area contributed by atoms with Crippen LogP contribution < -0.4 is 4.74 Å². The van der Waals surface area contributed by atoms with Gasteiger partial charge in [0.05, 0.1) is 12.4 Å². The Balaban J connectivity index is 1.59. The molecule has 0 N–H and O–H groups in total. The van der Waals surface area contributed by atoms with Gasteiger partial charge in [0.15, 0.2) is 5.78 Å². The molecule has 122 valence electrons. The number of thioether (sulfide) groups is 1. The van der Waals surface area contributed by atoms with Crippen molar-refractivity contribution >= 4 is 17.5 Å². The summed E-state index contributed by atoms with van der Waals surface area (Å²) in [5.41, 5.74) is 1.42. The van der Waals surface area contributed by atoms with Gasteiger partial charge in [-0.25, -0.2) is 0 Å². The summed E-state index contributed by atoms with van der Waals surface area (Å²) in [7, 11) is 0. The molecule has 0 spiro atoms. The van der Waals surface area contributed by atoms with Crippen LogP contribution in [-0.2, 0) is 0 Å². The van der Waals surface area contributed by atoms with E-state index in [1.807, 2.05) is 6.92 Å². The standard InChI is InChI=1S/C17H15N3O3S/c1-2-22-14-5-3-12(4-6-14)15(21)11-24-17-20-19-16(23-17)13-7-9-18-10-8-13/h3-10H,2,11H2,1H3. The normalized spacial score (nSPS) is 10.5. The molecule has 2 heterocycles. The van der Waals surface area contributed by atoms with Crippen LogP contribution in [-0.4, -0.2) is 33.3 Å². The van der Waals surface area contributed by atoms with E-state index >= 15 is 0 Å². The van der Waals surface area contributed by atoms with Crippen molar-refractivity contribution in [1.29, 1.82) is 0 Å². The minimum atomic E-state index is -0.00768. The van der Waals surface area contributed by atoms with E-state index in [4.69, 9.17) is 9.15 Å². The highest BCUT2D eigenvalue weighted by molar-refractivity contribution is 7.99. The number of carbonyl (C=O) groups excluding carboxylic acids is 1. The molecule has 0 unspecified atom stereocenters. The molecule has 0 radical (unpaired) electrons. The van der Waals surface area contributed by atoms with E-state index in [1.165, 1.54) is 11.8 Å². The van der Waals surface area contributed by atoms with Gasteiger partial charge < -0.3 is 9.15 Å². The number of rotatable bonds is 7. The number of Topliss-reactive ketones (excluding diaryl/α,β-unsaturated/α-hetero) is 1. The fourth-order valence-corrected chi connectivity index (χ4v) is 2.65. The number of hydrogen-bond donors (Lipinski definition) is 0. The highest BCUT2D eigenvalue weighted by Gasteiger charge is 2.12. The molecule has 0 aliphatic rings. The predicted octanol–water partition coefficient (Wildman–Crippen LogP) is 3.51. The molecule has 24 heavy (non-hydrogen) atoms. The van der Waals surface area contributed by atoms with Crippen LogP contribution in [0, 0.1) is 0 Å². The van der Waals surface area contributed by atoms with E-state index in [9.17, 15) is 4.79 Å². The second-order valence-electron chi connectivity index (χ2n) is 4.78. The van der Waals surface area contributed by atoms with Crippen LogP contribution in [0.4, 0.5) is 0 Å². The van der Waals surface area contributed by atoms with Crippen molar-refractivity contribution in [1.82, 2.24) is 15.2 Å². The van der Waals surface area contributed by atoms with Crippen LogP contribution in [0.5, 0.6) is 5.75 Å². The lowest BCUT2D eigenvalue weighted by Gasteiger charge is -2.03. The second kappa shape index (κ2) is 7.74. The number of hydrogen-bond acceptors (Lipinski definition) is 7. The summed E-state index contributed by atoms with van der Waals surface area (Å²) < 4.78 is 10.9. The number of benzene rings is 1. The minimum absolute atomic E-state index is 0.00768. The van der Waals surface area contributed by atoms with Crippen LogP contribution in [0.2, 0.25) is 0 Å². The minimum Gasteiger partial charge on any atom is -0.494 e. The van der Waals surface area contributed by atoms with Crippen molar-refractivity contribution in [3.05, 3.63) is 54.4 Å². The lowest BCUT2D eigenvalue weighted by Crippen LogP contribution is -2.02. The first-order chi connectivity index (χ1) is 11.8. The Bertz CT molecular complexity index is 803. The molecule has 0 saturated heterocycles. The van der Waals surface area contributed by atoms with Crippen molar-refractivity contribution in [3.8, 4) is 17.2 Å². The lowest BCUT2D eigenvalue weighted by atomic mass is 10.1. The molecule has 3 aromatic rings. The molecular weight excluding hydrogens is 326 g/mol. The molecular formula is C17H15N3O3S. The highest BCUT2D eigenvalue weighted by atomic mass is 32.2. The Hall–Kier alpha value is -2.67. The van der Waals surface area contributed by atoms with Crippen LogP contribution >= 0.6 is 11.8 Å². The average Bonchev–Trinajstić information content (AvgIpc) is 3.10. The first kappa shape index (κ1) is 16.2. The molecule has 2 aromatic heterocycles. The third kappa shape index (κ3) is 3.99. The van der Waals surface area contributed by atoms with Crippen LogP contribution in [0.1, 0.15) is 17.3 Å². The SMILES string of the molecule is CCOc1ccc(C(=O)CSc2nnc(-c3ccncc3)o2)cc1. The average molecular weight is 341 g/mol. The lowest BCUT2D eigenvalue weighted by molar-refractivity contribution is 0.102. The van der Waals surface area contributed by atoms with Gasteiger partial charge >= 0.3 is 0 Å². The number of nitrogens with zero attached hydrogens (tertiary/aromatic N) is 3. The molecule has 0 aliphatic carbocycles. The van der Waals surface area contributed by atoms with Gasteiger partial charge in [0.1, 0.15) is 5.75 Å². The largest absolute Gasteiger partial charge is 0.494 e. The summed E-state index contributed by atoms with van der Waals surface area (Å²) in [4.78, 5) is 16.1. The summed E-state index contributed by atoms with van der Waals surface area (Å²) in [6, 6.07) is 10.7. The third-order valence-electron chi connectivity index (χ3n) is 3.15. The topological polar surface area (TPSA) is 78.1 Å². The van der Waals surface area contributed by atoms with Crippen LogP contribution in [0.25, 0.3) is 11.5 Å². The molecule has 3 rings (SSSR count). The Morgan fingerprint density at radius 2 is 1.88 bits per heavy atom. The second-order valence-corrected chi connectivity index (χ2v) is 5.70. The maximum absolute atomic E-state index is 12.2. The van der Waals surface area contributed by atoms with E-state index in [1.54, 1.807) is 48.8 Å². The fourth-order valence-electron chi connectivity index (χ4n) is 1.99. The van der Waals surface area contributed by atoms with Crippen molar-refractivity contribution in [2.75, 3.05) is 12.4 Å². The Morgan fingerprint density at radius 1 is 1.12 bits per heavy atom. The third-order valence-corrected chi connectivity index (χ3v) is 3.97. The van der Waals surface area contributed by atoms with E-state index in [-0.39, 0.29) is 11.5 Å². The van der Waals surface area contributed by atoms with Gasteiger partial charge in [-0.05, 0) is 43.3 Å². The summed E-state index contributed by atoms with van der Waals surface area (Å²) in [6.07, 6.45) is 3.31. The van der Waals surface area contributed by atoms with Crippen molar-refractivity contribution in [2.45, 2.75) is 12.1 Å². The zero-order valence-electron chi connectivity index (χ0n) is 13.0. The molecule has 0 saturated carbocycles. The summed E-state index contributed by atoms with van der Waals surface area (Å²) in [5, 5.41) is 8.29. The van der Waals surface area contributed by atoms with Gasteiger partial charge in [0, 0.05) is 23.5 Å². The molecule has 0 amide bonds. The number of carbonyl (C=O) groups is 1. The predicted molar refractivity (Wildman–Crippen MR) is 90.2 cm³/mol. The molecule has 0 bridgehead atoms. The Kier molecular flexibility index (Phi) is 5.22. The number of ketones is 1. The summed E-state index contributed by atoms with van der Waals surface area (Å²) >= 11 is 1.22. The van der Waals surface area contributed by atoms with Crippen LogP contribution in [0.15, 0.2) is 58.4 Å². The maximum Gasteiger partial charge on any atom is 0.277 e. The Morgan fingerprint density at radius 3 is 2.58 bits per heavy atom. The van der Waals surface area contributed by atoms with Crippen molar-refractivity contribution in [3.63, 3.8) is 0 Å². The van der Waals surface area contributed by atoms with Crippen molar-refractivity contribution < 1.29 is 13.9 Å². The van der Waals surface area contributed by atoms with Crippen molar-refractivity contribution in [2.24, 2.45) is 0 Å². The fraction of sp³-hybridized carbons (Fsp3) is 0.176. The first-order valence-electron chi connectivity index (χ1n) is 7.39. The zero-order valence-corrected chi connectivity index (χ0v) is 13.8. The first-order valence-corrected chi connectivity index (χ1v) is 8.37. The van der Waals surface area contributed by atoms with Crippen LogP contribution in [0.3, 0.4) is 0 Å². The summed E-state index contributed by atoms with van der Waals surface area (Å²) in [5.74, 6) is 1.38. The maximum atomic E-state index is 12.2. The zero-order chi connectivity index (χ0) is 16.8. The van der Waals surface area contributed by atoms with E-state index in [0.29, 0.717) is 23.3 Å². The molecule has 6 nitrogen and oxygen atoms in total. The molecule has 0 aliphatic heterocycles. The van der Waals surface area contributed by atoms with Gasteiger partial charge in [-0.2, -0.15) is 0 Å². The van der Waals surface area contributed by atoms with E-state index < -0.39 is 0 Å². The van der Waals surface area contributed by atoms with Gasteiger partial charge in [0.25, 0.3) is 5.22 Å². The number of aromatic nitrogens is 3. The Labute approximate surface area is 143 Å². The number of ether oxygens (including phenoxy) is 1. The van der Waals surface area contributed by atoms with E-state index in [0.717, 1.165) is 11.3 Å². The quantitative estimate of drug-likeness (QED) is 0.480. The van der Waals surface area contributed by atoms with Gasteiger partial charge in [-0.1, -0.05) is 11.8 Å². The molecule has 1 aromatic carbocycles.